The first-order chi connectivity index (χ1) is 6.63. The quantitative estimate of drug-likeness (QED) is 0.649. The van der Waals surface area contributed by atoms with Crippen LogP contribution in [-0.2, 0) is 9.53 Å². The van der Waals surface area contributed by atoms with E-state index in [1.807, 2.05) is 0 Å². The van der Waals surface area contributed by atoms with Gasteiger partial charge >= 0.3 is 5.97 Å². The monoisotopic (exact) mass is 201 g/mol. The van der Waals surface area contributed by atoms with Crippen LogP contribution in [0.4, 0.5) is 0 Å². The molecular weight excluding hydrogens is 182 g/mol. The third kappa shape index (κ3) is 3.27. The number of rotatable bonds is 3. The molecule has 4 heteroatoms. The molecule has 0 bridgehead atoms. The Morgan fingerprint density at radius 2 is 2.07 bits per heavy atom. The van der Waals surface area contributed by atoms with E-state index in [4.69, 9.17) is 15.6 Å². The van der Waals surface area contributed by atoms with Crippen molar-refractivity contribution in [2.24, 2.45) is 11.7 Å². The van der Waals surface area contributed by atoms with Crippen LogP contribution < -0.4 is 5.73 Å². The Hall–Kier alpha value is -0.610. The first-order valence-corrected chi connectivity index (χ1v) is 5.20. The predicted octanol–water partition coefficient (Wildman–Crippen LogP) is 0.428. The molecule has 1 fully saturated rings. The Morgan fingerprint density at radius 1 is 1.50 bits per heavy atom. The van der Waals surface area contributed by atoms with Crippen molar-refractivity contribution in [2.75, 3.05) is 6.61 Å². The fourth-order valence-electron chi connectivity index (χ4n) is 1.67. The molecule has 1 aliphatic rings. The third-order valence-electron chi connectivity index (χ3n) is 2.75. The summed E-state index contributed by atoms with van der Waals surface area (Å²) in [6.45, 7) is 1.86. The van der Waals surface area contributed by atoms with Gasteiger partial charge in [-0.1, -0.05) is 6.92 Å². The lowest BCUT2D eigenvalue weighted by Gasteiger charge is -2.26. The van der Waals surface area contributed by atoms with Crippen molar-refractivity contribution in [1.82, 2.24) is 0 Å². The molecule has 0 saturated heterocycles. The number of aliphatic hydroxyl groups excluding tert-OH is 1. The summed E-state index contributed by atoms with van der Waals surface area (Å²) < 4.78 is 5.17. The lowest BCUT2D eigenvalue weighted by molar-refractivity contribution is -0.153. The van der Waals surface area contributed by atoms with E-state index in [1.54, 1.807) is 0 Å². The Morgan fingerprint density at radius 3 is 2.57 bits per heavy atom. The van der Waals surface area contributed by atoms with Gasteiger partial charge in [0.05, 0.1) is 6.61 Å². The summed E-state index contributed by atoms with van der Waals surface area (Å²) >= 11 is 0. The summed E-state index contributed by atoms with van der Waals surface area (Å²) in [5.41, 5.74) is 5.34. The summed E-state index contributed by atoms with van der Waals surface area (Å²) in [7, 11) is 0. The van der Waals surface area contributed by atoms with Gasteiger partial charge in [-0.05, 0) is 31.6 Å². The number of hydrogen-bond donors (Lipinski definition) is 2. The number of hydrogen-bond acceptors (Lipinski definition) is 4. The molecule has 1 rings (SSSR count). The maximum Gasteiger partial charge on any atom is 0.325 e. The average Bonchev–Trinajstić information content (AvgIpc) is 2.20. The van der Waals surface area contributed by atoms with Crippen molar-refractivity contribution in [1.29, 1.82) is 0 Å². The average molecular weight is 201 g/mol. The molecule has 0 aromatic carbocycles. The second kappa shape index (κ2) is 5.32. The van der Waals surface area contributed by atoms with E-state index in [0.717, 1.165) is 31.6 Å². The van der Waals surface area contributed by atoms with E-state index in [0.29, 0.717) is 0 Å². The minimum Gasteiger partial charge on any atom is -0.461 e. The van der Waals surface area contributed by atoms with Gasteiger partial charge < -0.3 is 15.6 Å². The summed E-state index contributed by atoms with van der Waals surface area (Å²) in [5.74, 6) is 0.253. The summed E-state index contributed by atoms with van der Waals surface area (Å²) in [5, 5.41) is 8.65. The van der Waals surface area contributed by atoms with E-state index in [9.17, 15) is 4.79 Å². The molecule has 4 nitrogen and oxygen atoms in total. The molecule has 1 atom stereocenters. The lowest BCUT2D eigenvalue weighted by Crippen LogP contribution is -2.38. The molecule has 0 radical (unpaired) electrons. The maximum atomic E-state index is 11.2. The van der Waals surface area contributed by atoms with Crippen molar-refractivity contribution < 1.29 is 14.6 Å². The first kappa shape index (κ1) is 11.5. The number of nitrogens with two attached hydrogens (primary N) is 1. The van der Waals surface area contributed by atoms with Crippen molar-refractivity contribution in [3.05, 3.63) is 0 Å². The number of carbonyl (C=O) groups excluding carboxylic acids is 1. The second-order valence-corrected chi connectivity index (χ2v) is 4.11. The Balaban J connectivity index is 2.27. The van der Waals surface area contributed by atoms with E-state index in [1.165, 1.54) is 0 Å². The van der Waals surface area contributed by atoms with E-state index in [-0.39, 0.29) is 12.7 Å². The van der Waals surface area contributed by atoms with Crippen molar-refractivity contribution in [2.45, 2.75) is 44.8 Å². The van der Waals surface area contributed by atoms with Crippen LogP contribution in [0.15, 0.2) is 0 Å². The highest BCUT2D eigenvalue weighted by molar-refractivity contribution is 5.75. The Bertz CT molecular complexity index is 188. The zero-order chi connectivity index (χ0) is 10.6. The van der Waals surface area contributed by atoms with Crippen LogP contribution in [0.1, 0.15) is 32.6 Å². The predicted molar refractivity (Wildman–Crippen MR) is 52.6 cm³/mol. The van der Waals surface area contributed by atoms with Crippen molar-refractivity contribution in [3.63, 3.8) is 0 Å². The standard InChI is InChI=1S/C10H19NO3/c1-7-2-4-8(5-3-7)14-10(13)9(11)6-12/h7-9,12H,2-6,11H2,1H3/t7?,8?,9-/m1/s1. The van der Waals surface area contributed by atoms with Gasteiger partial charge in [-0.15, -0.1) is 0 Å². The molecule has 0 unspecified atom stereocenters. The molecule has 0 heterocycles. The lowest BCUT2D eigenvalue weighted by atomic mass is 9.89. The van der Waals surface area contributed by atoms with Crippen LogP contribution in [0.5, 0.6) is 0 Å². The smallest absolute Gasteiger partial charge is 0.325 e. The highest BCUT2D eigenvalue weighted by Crippen LogP contribution is 2.25. The van der Waals surface area contributed by atoms with Gasteiger partial charge in [0.15, 0.2) is 0 Å². The summed E-state index contributed by atoms with van der Waals surface area (Å²) in [6, 6.07) is -0.880. The van der Waals surface area contributed by atoms with E-state index < -0.39 is 12.0 Å². The van der Waals surface area contributed by atoms with Gasteiger partial charge in [0.2, 0.25) is 0 Å². The van der Waals surface area contributed by atoms with Crippen LogP contribution in [0.2, 0.25) is 0 Å². The molecule has 1 aliphatic carbocycles. The third-order valence-corrected chi connectivity index (χ3v) is 2.75. The van der Waals surface area contributed by atoms with E-state index in [2.05, 4.69) is 6.92 Å². The first-order valence-electron chi connectivity index (χ1n) is 5.20. The van der Waals surface area contributed by atoms with Crippen LogP contribution >= 0.6 is 0 Å². The molecule has 0 aliphatic heterocycles. The molecule has 0 aromatic heterocycles. The molecule has 14 heavy (non-hydrogen) atoms. The molecule has 0 amide bonds. The van der Waals surface area contributed by atoms with Crippen LogP contribution in [-0.4, -0.2) is 29.8 Å². The minimum absolute atomic E-state index is 0.0105. The maximum absolute atomic E-state index is 11.2. The number of aliphatic hydroxyl groups is 1. The highest BCUT2D eigenvalue weighted by Gasteiger charge is 2.23. The number of carbonyl (C=O) groups is 1. The largest absolute Gasteiger partial charge is 0.461 e. The van der Waals surface area contributed by atoms with Gasteiger partial charge in [-0.3, -0.25) is 4.79 Å². The molecule has 0 spiro atoms. The molecule has 0 aromatic rings. The van der Waals surface area contributed by atoms with Crippen LogP contribution in [0, 0.1) is 5.92 Å². The minimum atomic E-state index is -0.880. The topological polar surface area (TPSA) is 72.5 Å². The Kier molecular flexibility index (Phi) is 4.35. The van der Waals surface area contributed by atoms with Gasteiger partial charge in [0.1, 0.15) is 12.1 Å². The number of esters is 1. The van der Waals surface area contributed by atoms with Gasteiger partial charge in [0.25, 0.3) is 0 Å². The van der Waals surface area contributed by atoms with Gasteiger partial charge in [-0.2, -0.15) is 0 Å². The van der Waals surface area contributed by atoms with E-state index >= 15 is 0 Å². The SMILES string of the molecule is CC1CCC(OC(=O)[C@H](N)CO)CC1. The van der Waals surface area contributed by atoms with Crippen molar-refractivity contribution >= 4 is 5.97 Å². The zero-order valence-corrected chi connectivity index (χ0v) is 8.61. The fourth-order valence-corrected chi connectivity index (χ4v) is 1.67. The van der Waals surface area contributed by atoms with Crippen LogP contribution in [0.25, 0.3) is 0 Å². The Labute approximate surface area is 84.4 Å². The van der Waals surface area contributed by atoms with Crippen LogP contribution in [0.3, 0.4) is 0 Å². The normalized spacial score (nSPS) is 29.6. The molecular formula is C10H19NO3. The highest BCUT2D eigenvalue weighted by atomic mass is 16.5. The van der Waals surface area contributed by atoms with Gasteiger partial charge in [0, 0.05) is 0 Å². The summed E-state index contributed by atoms with van der Waals surface area (Å²) in [6.07, 6.45) is 4.06. The number of ether oxygens (including phenoxy) is 1. The second-order valence-electron chi connectivity index (χ2n) is 4.11. The molecule has 82 valence electrons. The fraction of sp³-hybridized carbons (Fsp3) is 0.900. The molecule has 3 N–H and O–H groups in total. The van der Waals surface area contributed by atoms with Gasteiger partial charge in [-0.25, -0.2) is 0 Å². The van der Waals surface area contributed by atoms with Crippen molar-refractivity contribution in [3.8, 4) is 0 Å². The zero-order valence-electron chi connectivity index (χ0n) is 8.61. The summed E-state index contributed by atoms with van der Waals surface area (Å²) in [4.78, 5) is 11.2. The molecule has 1 saturated carbocycles.